The molecule has 0 unspecified atom stereocenters. The van der Waals surface area contributed by atoms with Gasteiger partial charge in [0, 0.05) is 11.7 Å². The van der Waals surface area contributed by atoms with Gasteiger partial charge >= 0.3 is 0 Å². The fourth-order valence-corrected chi connectivity index (χ4v) is 4.09. The van der Waals surface area contributed by atoms with Crippen LogP contribution in [0.25, 0.3) is 11.3 Å². The Morgan fingerprint density at radius 3 is 2.39 bits per heavy atom. The molecule has 1 fully saturated rings. The van der Waals surface area contributed by atoms with Crippen molar-refractivity contribution in [1.82, 2.24) is 10.3 Å². The Kier molecular flexibility index (Phi) is 6.16. The lowest BCUT2D eigenvalue weighted by molar-refractivity contribution is -0.122. The molecule has 1 heterocycles. The molecule has 2 amide bonds. The number of halogens is 1. The summed E-state index contributed by atoms with van der Waals surface area (Å²) >= 11 is 0. The van der Waals surface area contributed by atoms with E-state index in [4.69, 9.17) is 0 Å². The van der Waals surface area contributed by atoms with Crippen molar-refractivity contribution in [3.63, 3.8) is 0 Å². The van der Waals surface area contributed by atoms with Crippen molar-refractivity contribution in [3.05, 3.63) is 78.2 Å². The average molecular weight is 420 g/mol. The van der Waals surface area contributed by atoms with Crippen molar-refractivity contribution >= 4 is 17.5 Å². The standard InChI is InChI=1S/C25H26FN3O2/c1-17(24(30)27-19-11-5-6-12-19)29(23-14-8-7-13-20(23)26)25(31)22-16-15-21(28-22)18-9-3-2-4-10-18/h2-4,7-10,13-17,19,28H,5-6,11-12H2,1H3,(H,27,30)/t17-/m1/s1. The maximum absolute atomic E-state index is 14.7. The SMILES string of the molecule is C[C@H](C(=O)NC1CCCC1)N(C(=O)c1ccc(-c2ccccc2)[nH]1)c1ccccc1F. The van der Waals surface area contributed by atoms with Gasteiger partial charge in [0.15, 0.2) is 0 Å². The fourth-order valence-electron chi connectivity index (χ4n) is 4.09. The number of aromatic nitrogens is 1. The second kappa shape index (κ2) is 9.16. The maximum Gasteiger partial charge on any atom is 0.275 e. The number of anilines is 1. The molecule has 6 heteroatoms. The van der Waals surface area contributed by atoms with Gasteiger partial charge in [-0.15, -0.1) is 0 Å². The molecule has 2 aromatic carbocycles. The third-order valence-electron chi connectivity index (χ3n) is 5.80. The number of amides is 2. The van der Waals surface area contributed by atoms with Crippen LogP contribution in [0.2, 0.25) is 0 Å². The van der Waals surface area contributed by atoms with E-state index in [0.717, 1.165) is 36.9 Å². The molecule has 5 nitrogen and oxygen atoms in total. The molecule has 0 bridgehead atoms. The molecular weight excluding hydrogens is 393 g/mol. The van der Waals surface area contributed by atoms with Gasteiger partial charge < -0.3 is 10.3 Å². The molecule has 1 saturated carbocycles. The predicted molar refractivity (Wildman–Crippen MR) is 119 cm³/mol. The van der Waals surface area contributed by atoms with Gasteiger partial charge in [-0.3, -0.25) is 14.5 Å². The third kappa shape index (κ3) is 4.53. The highest BCUT2D eigenvalue weighted by Gasteiger charge is 2.32. The zero-order chi connectivity index (χ0) is 21.8. The van der Waals surface area contributed by atoms with Crippen molar-refractivity contribution in [2.45, 2.75) is 44.7 Å². The van der Waals surface area contributed by atoms with E-state index in [9.17, 15) is 14.0 Å². The van der Waals surface area contributed by atoms with Gasteiger partial charge in [0.2, 0.25) is 5.91 Å². The highest BCUT2D eigenvalue weighted by Crippen LogP contribution is 2.26. The number of carbonyl (C=O) groups is 2. The summed E-state index contributed by atoms with van der Waals surface area (Å²) < 4.78 is 14.7. The van der Waals surface area contributed by atoms with Crippen LogP contribution in [0, 0.1) is 5.82 Å². The molecule has 0 spiro atoms. The molecule has 0 radical (unpaired) electrons. The molecule has 1 aliphatic rings. The van der Waals surface area contributed by atoms with Crippen LogP contribution in [0.4, 0.5) is 10.1 Å². The summed E-state index contributed by atoms with van der Waals surface area (Å²) in [6, 6.07) is 18.4. The van der Waals surface area contributed by atoms with Crippen LogP contribution in [-0.4, -0.2) is 28.9 Å². The number of hydrogen-bond donors (Lipinski definition) is 2. The van der Waals surface area contributed by atoms with Gasteiger partial charge in [0.05, 0.1) is 5.69 Å². The van der Waals surface area contributed by atoms with Crippen LogP contribution in [0.1, 0.15) is 43.1 Å². The maximum atomic E-state index is 14.7. The van der Waals surface area contributed by atoms with Crippen molar-refractivity contribution < 1.29 is 14.0 Å². The number of H-pyrrole nitrogens is 1. The van der Waals surface area contributed by atoms with Crippen molar-refractivity contribution in [2.75, 3.05) is 4.90 Å². The quantitative estimate of drug-likeness (QED) is 0.596. The second-order valence-electron chi connectivity index (χ2n) is 7.94. The van der Waals surface area contributed by atoms with Crippen LogP contribution < -0.4 is 10.2 Å². The average Bonchev–Trinajstić information content (AvgIpc) is 3.48. The van der Waals surface area contributed by atoms with Crippen LogP contribution in [0.3, 0.4) is 0 Å². The number of para-hydroxylation sites is 1. The fraction of sp³-hybridized carbons (Fsp3) is 0.280. The molecular formula is C25H26FN3O2. The van der Waals surface area contributed by atoms with Crippen molar-refractivity contribution in [2.24, 2.45) is 0 Å². The molecule has 1 atom stereocenters. The molecule has 1 aliphatic carbocycles. The van der Waals surface area contributed by atoms with E-state index < -0.39 is 17.8 Å². The van der Waals surface area contributed by atoms with Crippen LogP contribution in [-0.2, 0) is 4.79 Å². The number of nitrogens with one attached hydrogen (secondary N) is 2. The summed E-state index contributed by atoms with van der Waals surface area (Å²) in [6.45, 7) is 1.63. The normalized spacial score (nSPS) is 14.9. The lowest BCUT2D eigenvalue weighted by atomic mass is 10.1. The van der Waals surface area contributed by atoms with Gasteiger partial charge in [0.1, 0.15) is 17.6 Å². The molecule has 0 aliphatic heterocycles. The zero-order valence-corrected chi connectivity index (χ0v) is 17.5. The van der Waals surface area contributed by atoms with E-state index in [-0.39, 0.29) is 17.6 Å². The molecule has 1 aromatic heterocycles. The van der Waals surface area contributed by atoms with Gasteiger partial charge in [-0.1, -0.05) is 55.3 Å². The summed E-state index contributed by atoms with van der Waals surface area (Å²) in [5.41, 5.74) is 2.09. The highest BCUT2D eigenvalue weighted by atomic mass is 19.1. The molecule has 31 heavy (non-hydrogen) atoms. The Morgan fingerprint density at radius 1 is 1.00 bits per heavy atom. The summed E-state index contributed by atoms with van der Waals surface area (Å²) in [4.78, 5) is 30.8. The zero-order valence-electron chi connectivity index (χ0n) is 17.5. The smallest absolute Gasteiger partial charge is 0.275 e. The van der Waals surface area contributed by atoms with Crippen LogP contribution in [0.5, 0.6) is 0 Å². The summed E-state index contributed by atoms with van der Waals surface area (Å²) in [7, 11) is 0. The van der Waals surface area contributed by atoms with Crippen LogP contribution >= 0.6 is 0 Å². The number of carbonyl (C=O) groups excluding carboxylic acids is 2. The van der Waals surface area contributed by atoms with E-state index in [0.29, 0.717) is 5.69 Å². The Labute approximate surface area is 181 Å². The molecule has 3 aromatic rings. The molecule has 2 N–H and O–H groups in total. The minimum atomic E-state index is -0.867. The second-order valence-corrected chi connectivity index (χ2v) is 7.94. The number of nitrogens with zero attached hydrogens (tertiary/aromatic N) is 1. The lowest BCUT2D eigenvalue weighted by Gasteiger charge is -2.29. The Morgan fingerprint density at radius 2 is 1.68 bits per heavy atom. The third-order valence-corrected chi connectivity index (χ3v) is 5.80. The van der Waals surface area contributed by atoms with Gasteiger partial charge in [-0.05, 0) is 49.6 Å². The van der Waals surface area contributed by atoms with Gasteiger partial charge in [0.25, 0.3) is 5.91 Å². The number of benzene rings is 2. The van der Waals surface area contributed by atoms with E-state index >= 15 is 0 Å². The topological polar surface area (TPSA) is 65.2 Å². The first-order valence-corrected chi connectivity index (χ1v) is 10.7. The Hall–Kier alpha value is -3.41. The lowest BCUT2D eigenvalue weighted by Crippen LogP contribution is -2.50. The van der Waals surface area contributed by atoms with Gasteiger partial charge in [-0.2, -0.15) is 0 Å². The Balaban J connectivity index is 1.64. The van der Waals surface area contributed by atoms with E-state index in [2.05, 4.69) is 10.3 Å². The summed E-state index contributed by atoms with van der Waals surface area (Å²) in [5.74, 6) is -1.29. The van der Waals surface area contributed by atoms with Crippen molar-refractivity contribution in [1.29, 1.82) is 0 Å². The first-order valence-electron chi connectivity index (χ1n) is 10.7. The first-order chi connectivity index (χ1) is 15.0. The molecule has 160 valence electrons. The van der Waals surface area contributed by atoms with Crippen LogP contribution in [0.15, 0.2) is 66.7 Å². The minimum Gasteiger partial charge on any atom is -0.352 e. The monoisotopic (exact) mass is 419 g/mol. The highest BCUT2D eigenvalue weighted by molar-refractivity contribution is 6.09. The molecule has 4 rings (SSSR count). The largest absolute Gasteiger partial charge is 0.352 e. The number of hydrogen-bond acceptors (Lipinski definition) is 2. The number of rotatable bonds is 6. The predicted octanol–water partition coefficient (Wildman–Crippen LogP) is 4.91. The summed E-state index contributed by atoms with van der Waals surface area (Å²) in [6.07, 6.45) is 4.03. The van der Waals surface area contributed by atoms with Crippen molar-refractivity contribution in [3.8, 4) is 11.3 Å². The van der Waals surface area contributed by atoms with E-state index in [1.165, 1.54) is 17.0 Å². The number of aromatic amines is 1. The van der Waals surface area contributed by atoms with Gasteiger partial charge in [-0.25, -0.2) is 4.39 Å². The molecule has 0 saturated heterocycles. The van der Waals surface area contributed by atoms with E-state index in [1.54, 1.807) is 25.1 Å². The van der Waals surface area contributed by atoms with E-state index in [1.807, 2.05) is 36.4 Å². The Bertz CT molecular complexity index is 1060. The first kappa shape index (κ1) is 20.8. The minimum absolute atomic E-state index is 0.0810. The summed E-state index contributed by atoms with van der Waals surface area (Å²) in [5, 5.41) is 3.02.